The van der Waals surface area contributed by atoms with Crippen LogP contribution in [0.25, 0.3) is 0 Å². The molecule has 4 nitrogen and oxygen atoms in total. The largest absolute Gasteiger partial charge is 0.465 e. The van der Waals surface area contributed by atoms with Crippen molar-refractivity contribution >= 4 is 5.97 Å². The zero-order valence-corrected chi connectivity index (χ0v) is 9.21. The molecule has 0 aromatic heterocycles. The number of carbonyl (C=O) groups excluding carboxylic acids is 1. The molecular formula is C10H22N2O2. The van der Waals surface area contributed by atoms with Gasteiger partial charge in [-0.1, -0.05) is 6.42 Å². The van der Waals surface area contributed by atoms with E-state index in [4.69, 9.17) is 10.5 Å². The molecule has 0 aromatic rings. The molecule has 0 bridgehead atoms. The highest BCUT2D eigenvalue weighted by atomic mass is 16.5. The second kappa shape index (κ2) is 8.97. The molecule has 0 rings (SSSR count). The van der Waals surface area contributed by atoms with E-state index < -0.39 is 0 Å². The van der Waals surface area contributed by atoms with Crippen molar-refractivity contribution in [2.75, 3.05) is 19.7 Å². The van der Waals surface area contributed by atoms with Crippen molar-refractivity contribution in [3.63, 3.8) is 0 Å². The third-order valence-electron chi connectivity index (χ3n) is 1.97. The van der Waals surface area contributed by atoms with Crippen LogP contribution >= 0.6 is 0 Å². The normalized spacial score (nSPS) is 12.5. The van der Waals surface area contributed by atoms with Crippen LogP contribution in [0.4, 0.5) is 0 Å². The molecule has 0 saturated carbocycles. The van der Waals surface area contributed by atoms with Gasteiger partial charge in [-0.3, -0.25) is 4.79 Å². The number of esters is 1. The number of unbranched alkanes of at least 4 members (excludes halogenated alkanes) is 2. The summed E-state index contributed by atoms with van der Waals surface area (Å²) in [5.74, 6) is -0.175. The Bertz CT molecular complexity index is 151. The molecule has 1 atom stereocenters. The topological polar surface area (TPSA) is 64.3 Å². The Labute approximate surface area is 86.2 Å². The molecule has 84 valence electrons. The van der Waals surface area contributed by atoms with Gasteiger partial charge in [-0.15, -0.1) is 0 Å². The Hall–Kier alpha value is -0.610. The molecule has 0 radical (unpaired) electrons. The maximum Gasteiger partial charge on any atom is 0.322 e. The summed E-state index contributed by atoms with van der Waals surface area (Å²) in [6, 6.07) is -0.201. The molecule has 0 heterocycles. The van der Waals surface area contributed by atoms with Crippen molar-refractivity contribution in [2.24, 2.45) is 5.73 Å². The second-order valence-corrected chi connectivity index (χ2v) is 3.28. The van der Waals surface area contributed by atoms with Gasteiger partial charge in [0, 0.05) is 0 Å². The molecule has 0 aromatic carbocycles. The van der Waals surface area contributed by atoms with Crippen LogP contribution in [0.15, 0.2) is 0 Å². The second-order valence-electron chi connectivity index (χ2n) is 3.28. The highest BCUT2D eigenvalue weighted by Crippen LogP contribution is 1.93. The van der Waals surface area contributed by atoms with Crippen LogP contribution in [0.1, 0.15) is 33.1 Å². The lowest BCUT2D eigenvalue weighted by Crippen LogP contribution is -2.35. The zero-order valence-electron chi connectivity index (χ0n) is 9.21. The van der Waals surface area contributed by atoms with Gasteiger partial charge in [0.1, 0.15) is 6.04 Å². The number of rotatable bonds is 8. The van der Waals surface area contributed by atoms with Gasteiger partial charge in [-0.2, -0.15) is 0 Å². The average Bonchev–Trinajstić information content (AvgIpc) is 2.17. The van der Waals surface area contributed by atoms with E-state index in [0.29, 0.717) is 6.61 Å². The third-order valence-corrected chi connectivity index (χ3v) is 1.97. The van der Waals surface area contributed by atoms with Crippen LogP contribution < -0.4 is 11.1 Å². The lowest BCUT2D eigenvalue weighted by Gasteiger charge is -2.11. The molecule has 0 unspecified atom stereocenters. The van der Waals surface area contributed by atoms with E-state index in [1.54, 1.807) is 0 Å². The zero-order chi connectivity index (χ0) is 10.8. The highest BCUT2D eigenvalue weighted by Gasteiger charge is 2.11. The Balaban J connectivity index is 3.34. The van der Waals surface area contributed by atoms with Crippen molar-refractivity contribution in [2.45, 2.75) is 39.2 Å². The van der Waals surface area contributed by atoms with Gasteiger partial charge in [-0.25, -0.2) is 0 Å². The summed E-state index contributed by atoms with van der Waals surface area (Å²) in [7, 11) is 0. The fourth-order valence-corrected chi connectivity index (χ4v) is 1.12. The van der Waals surface area contributed by atoms with Crippen LogP contribution in [0.5, 0.6) is 0 Å². The molecule has 0 aliphatic rings. The Morgan fingerprint density at radius 1 is 1.43 bits per heavy atom. The van der Waals surface area contributed by atoms with E-state index in [1.807, 2.05) is 13.8 Å². The minimum absolute atomic E-state index is 0.175. The molecule has 0 aliphatic carbocycles. The van der Waals surface area contributed by atoms with Gasteiger partial charge < -0.3 is 15.8 Å². The van der Waals surface area contributed by atoms with E-state index in [2.05, 4.69) is 5.32 Å². The first-order valence-corrected chi connectivity index (χ1v) is 5.32. The standard InChI is InChI=1S/C10H22N2O2/c1-3-14-10(13)9(2)12-8-6-4-5-7-11/h9,12H,3-8,11H2,1-2H3/t9-/m0/s1. The first-order chi connectivity index (χ1) is 6.72. The van der Waals surface area contributed by atoms with E-state index >= 15 is 0 Å². The summed E-state index contributed by atoms with van der Waals surface area (Å²) >= 11 is 0. The predicted octanol–water partition coefficient (Wildman–Crippen LogP) is 0.657. The number of nitrogens with two attached hydrogens (primary N) is 1. The quantitative estimate of drug-likeness (QED) is 0.448. The van der Waals surface area contributed by atoms with Crippen LogP contribution in [-0.4, -0.2) is 31.7 Å². The van der Waals surface area contributed by atoms with Gasteiger partial charge >= 0.3 is 5.97 Å². The van der Waals surface area contributed by atoms with Gasteiger partial charge in [0.05, 0.1) is 6.61 Å². The first-order valence-electron chi connectivity index (χ1n) is 5.32. The van der Waals surface area contributed by atoms with Crippen LogP contribution in [0, 0.1) is 0 Å². The van der Waals surface area contributed by atoms with Crippen LogP contribution in [-0.2, 0) is 9.53 Å². The Morgan fingerprint density at radius 2 is 2.14 bits per heavy atom. The van der Waals surface area contributed by atoms with Crippen molar-refractivity contribution in [1.29, 1.82) is 0 Å². The fraction of sp³-hybridized carbons (Fsp3) is 0.900. The van der Waals surface area contributed by atoms with E-state index in [0.717, 1.165) is 32.4 Å². The van der Waals surface area contributed by atoms with E-state index in [9.17, 15) is 4.79 Å². The molecule has 0 fully saturated rings. The number of carbonyl (C=O) groups is 1. The molecule has 4 heteroatoms. The monoisotopic (exact) mass is 202 g/mol. The first kappa shape index (κ1) is 13.4. The van der Waals surface area contributed by atoms with Gasteiger partial charge in [0.15, 0.2) is 0 Å². The van der Waals surface area contributed by atoms with Crippen LogP contribution in [0.3, 0.4) is 0 Å². The smallest absolute Gasteiger partial charge is 0.322 e. The van der Waals surface area contributed by atoms with Crippen molar-refractivity contribution in [1.82, 2.24) is 5.32 Å². The predicted molar refractivity (Wildman–Crippen MR) is 57.0 cm³/mol. The van der Waals surface area contributed by atoms with Crippen LogP contribution in [0.2, 0.25) is 0 Å². The minimum Gasteiger partial charge on any atom is -0.465 e. The minimum atomic E-state index is -0.201. The Kier molecular flexibility index (Phi) is 8.57. The highest BCUT2D eigenvalue weighted by molar-refractivity contribution is 5.75. The molecule has 14 heavy (non-hydrogen) atoms. The van der Waals surface area contributed by atoms with Gasteiger partial charge in [0.2, 0.25) is 0 Å². The number of nitrogens with one attached hydrogen (secondary N) is 1. The molecule has 0 spiro atoms. The molecule has 0 aliphatic heterocycles. The summed E-state index contributed by atoms with van der Waals surface area (Å²) in [5.41, 5.74) is 5.36. The maximum atomic E-state index is 11.2. The molecule has 0 amide bonds. The lowest BCUT2D eigenvalue weighted by molar-refractivity contribution is -0.145. The number of hydrogen-bond donors (Lipinski definition) is 2. The van der Waals surface area contributed by atoms with E-state index in [-0.39, 0.29) is 12.0 Å². The van der Waals surface area contributed by atoms with E-state index in [1.165, 1.54) is 0 Å². The summed E-state index contributed by atoms with van der Waals surface area (Å²) < 4.78 is 4.86. The SMILES string of the molecule is CCOC(=O)[C@H](C)NCCCCCN. The Morgan fingerprint density at radius 3 is 2.71 bits per heavy atom. The van der Waals surface area contributed by atoms with Gasteiger partial charge in [0.25, 0.3) is 0 Å². The molecule has 3 N–H and O–H groups in total. The fourth-order valence-electron chi connectivity index (χ4n) is 1.12. The van der Waals surface area contributed by atoms with Crippen molar-refractivity contribution < 1.29 is 9.53 Å². The summed E-state index contributed by atoms with van der Waals surface area (Å²) in [6.07, 6.45) is 3.22. The molecular weight excluding hydrogens is 180 g/mol. The van der Waals surface area contributed by atoms with Crippen molar-refractivity contribution in [3.05, 3.63) is 0 Å². The number of hydrogen-bond acceptors (Lipinski definition) is 4. The lowest BCUT2D eigenvalue weighted by atomic mass is 10.2. The summed E-state index contributed by atoms with van der Waals surface area (Å²) in [4.78, 5) is 11.2. The third kappa shape index (κ3) is 6.86. The van der Waals surface area contributed by atoms with Gasteiger partial charge in [-0.05, 0) is 39.8 Å². The molecule has 0 saturated heterocycles. The van der Waals surface area contributed by atoms with Crippen molar-refractivity contribution in [3.8, 4) is 0 Å². The average molecular weight is 202 g/mol. The summed E-state index contributed by atoms with van der Waals surface area (Å²) in [5, 5.41) is 3.11. The maximum absolute atomic E-state index is 11.2. The summed E-state index contributed by atoms with van der Waals surface area (Å²) in [6.45, 7) is 5.66. The number of ether oxygens (including phenoxy) is 1.